The van der Waals surface area contributed by atoms with Crippen LogP contribution < -0.4 is 0 Å². The number of benzene rings is 1. The third kappa shape index (κ3) is 4.68. The summed E-state index contributed by atoms with van der Waals surface area (Å²) in [5, 5.41) is 9.52. The largest absolute Gasteiger partial charge is 0.437 e. The first kappa shape index (κ1) is 22.7. The maximum Gasteiger partial charge on any atom is 0.437 e. The molecule has 1 aliphatic heterocycles. The Balaban J connectivity index is 1.96. The van der Waals surface area contributed by atoms with E-state index in [4.69, 9.17) is 11.6 Å². The fourth-order valence-electron chi connectivity index (χ4n) is 2.77. The van der Waals surface area contributed by atoms with Crippen molar-refractivity contribution in [1.82, 2.24) is 9.88 Å². The Morgan fingerprint density at radius 2 is 1.90 bits per heavy atom. The zero-order chi connectivity index (χ0) is 22.2. The summed E-state index contributed by atoms with van der Waals surface area (Å²) in [6.07, 6.45) is -8.21. The van der Waals surface area contributed by atoms with Gasteiger partial charge in [0.15, 0.2) is 5.17 Å². The Labute approximate surface area is 176 Å². The third-order valence-electron chi connectivity index (χ3n) is 4.33. The van der Waals surface area contributed by atoms with Crippen LogP contribution in [0.5, 0.6) is 0 Å². The van der Waals surface area contributed by atoms with Crippen molar-refractivity contribution in [3.8, 4) is 0 Å². The molecule has 0 spiro atoms. The standard InChI is InChI=1S/C18H14ClF6N3OS/c19-14-5-4-12(9-13(14)17(20,21)22)27-15-28(8-6-11-3-1-2-7-26-11)16(29,10-30-15)18(23,24)25/h1-5,7,9,29H,6,8,10H2. The molecule has 1 aromatic carbocycles. The number of hydrogen-bond donors (Lipinski definition) is 1. The molecule has 1 saturated heterocycles. The molecule has 2 heterocycles. The summed E-state index contributed by atoms with van der Waals surface area (Å²) in [5.74, 6) is -0.767. The van der Waals surface area contributed by atoms with Crippen molar-refractivity contribution in [3.05, 3.63) is 58.9 Å². The lowest BCUT2D eigenvalue weighted by Crippen LogP contribution is -2.58. The Hall–Kier alpha value is -1.98. The molecule has 1 unspecified atom stereocenters. The van der Waals surface area contributed by atoms with Crippen LogP contribution in [0.25, 0.3) is 0 Å². The first-order valence-electron chi connectivity index (χ1n) is 8.47. The highest BCUT2D eigenvalue weighted by molar-refractivity contribution is 8.14. The number of nitrogens with zero attached hydrogens (tertiary/aromatic N) is 3. The number of aliphatic imine (C=N–C) groups is 1. The Morgan fingerprint density at radius 1 is 1.17 bits per heavy atom. The van der Waals surface area contributed by atoms with E-state index in [0.29, 0.717) is 28.4 Å². The molecule has 1 atom stereocenters. The van der Waals surface area contributed by atoms with Crippen LogP contribution in [-0.2, 0) is 12.6 Å². The first-order valence-corrected chi connectivity index (χ1v) is 9.83. The summed E-state index contributed by atoms with van der Waals surface area (Å²) in [6, 6.07) is 7.70. The summed E-state index contributed by atoms with van der Waals surface area (Å²) in [6.45, 7) is -0.293. The Morgan fingerprint density at radius 3 is 2.50 bits per heavy atom. The highest BCUT2D eigenvalue weighted by atomic mass is 35.5. The second-order valence-corrected chi connectivity index (χ2v) is 7.73. The van der Waals surface area contributed by atoms with Gasteiger partial charge < -0.3 is 10.0 Å². The molecule has 2 aromatic rings. The van der Waals surface area contributed by atoms with Crippen molar-refractivity contribution in [2.75, 3.05) is 12.3 Å². The number of aromatic nitrogens is 1. The average Bonchev–Trinajstić information content (AvgIpc) is 2.98. The van der Waals surface area contributed by atoms with E-state index >= 15 is 0 Å². The summed E-state index contributed by atoms with van der Waals surface area (Å²) >= 11 is 6.17. The third-order valence-corrected chi connectivity index (χ3v) is 5.78. The molecule has 1 aromatic heterocycles. The van der Waals surface area contributed by atoms with Gasteiger partial charge in [-0.2, -0.15) is 26.3 Å². The highest BCUT2D eigenvalue weighted by Crippen LogP contribution is 2.44. The lowest BCUT2D eigenvalue weighted by Gasteiger charge is -2.35. The van der Waals surface area contributed by atoms with Gasteiger partial charge in [-0.05, 0) is 30.3 Å². The number of pyridine rings is 1. The molecule has 0 saturated carbocycles. The van der Waals surface area contributed by atoms with Crippen molar-refractivity contribution >= 4 is 34.2 Å². The van der Waals surface area contributed by atoms with Crippen LogP contribution in [0, 0.1) is 0 Å². The number of rotatable bonds is 4. The maximum atomic E-state index is 13.6. The second kappa shape index (κ2) is 8.27. The minimum Gasteiger partial charge on any atom is -0.363 e. The smallest absolute Gasteiger partial charge is 0.363 e. The van der Waals surface area contributed by atoms with Gasteiger partial charge in [0.2, 0.25) is 5.72 Å². The first-order chi connectivity index (χ1) is 13.9. The molecule has 1 N–H and O–H groups in total. The molecule has 3 rings (SSSR count). The summed E-state index contributed by atoms with van der Waals surface area (Å²) in [7, 11) is 0. The number of alkyl halides is 6. The van der Waals surface area contributed by atoms with Crippen LogP contribution in [-0.4, -0.2) is 44.4 Å². The molecule has 162 valence electrons. The molecule has 0 radical (unpaired) electrons. The van der Waals surface area contributed by atoms with Crippen molar-refractivity contribution in [3.63, 3.8) is 0 Å². The summed E-state index contributed by atoms with van der Waals surface area (Å²) in [4.78, 5) is 8.62. The van der Waals surface area contributed by atoms with E-state index in [0.717, 1.165) is 12.1 Å². The lowest BCUT2D eigenvalue weighted by molar-refractivity contribution is -0.288. The fraction of sp³-hybridized carbons (Fsp3) is 0.333. The van der Waals surface area contributed by atoms with Crippen LogP contribution >= 0.6 is 23.4 Å². The minimum atomic E-state index is -5.00. The number of hydrogen-bond acceptors (Lipinski definition) is 4. The second-order valence-electron chi connectivity index (χ2n) is 6.38. The average molecular weight is 470 g/mol. The van der Waals surface area contributed by atoms with Crippen LogP contribution in [0.1, 0.15) is 11.3 Å². The van der Waals surface area contributed by atoms with Crippen LogP contribution in [0.3, 0.4) is 0 Å². The number of aliphatic hydroxyl groups is 1. The van der Waals surface area contributed by atoms with E-state index in [-0.39, 0.29) is 23.8 Å². The van der Waals surface area contributed by atoms with E-state index in [1.54, 1.807) is 18.2 Å². The van der Waals surface area contributed by atoms with Crippen LogP contribution in [0.15, 0.2) is 47.6 Å². The maximum absolute atomic E-state index is 13.6. The van der Waals surface area contributed by atoms with Crippen LogP contribution in [0.2, 0.25) is 5.02 Å². The molecular formula is C18H14ClF6N3OS. The normalized spacial score (nSPS) is 21.5. The van der Waals surface area contributed by atoms with Gasteiger partial charge in [-0.3, -0.25) is 4.98 Å². The fourth-order valence-corrected chi connectivity index (χ4v) is 4.21. The van der Waals surface area contributed by atoms with Crippen molar-refractivity contribution in [2.24, 2.45) is 4.99 Å². The molecule has 4 nitrogen and oxygen atoms in total. The van der Waals surface area contributed by atoms with Gasteiger partial charge in [-0.1, -0.05) is 29.4 Å². The number of halogens is 7. The predicted molar refractivity (Wildman–Crippen MR) is 102 cm³/mol. The summed E-state index contributed by atoms with van der Waals surface area (Å²) in [5.41, 5.74) is -4.10. The van der Waals surface area contributed by atoms with Gasteiger partial charge >= 0.3 is 12.4 Å². The molecule has 0 bridgehead atoms. The van der Waals surface area contributed by atoms with Gasteiger partial charge in [0, 0.05) is 24.9 Å². The molecule has 12 heteroatoms. The molecular weight excluding hydrogens is 456 g/mol. The SMILES string of the molecule is OC1(C(F)(F)F)CSC(=Nc2ccc(Cl)c(C(F)(F)F)c2)N1CCc1ccccn1. The van der Waals surface area contributed by atoms with E-state index in [2.05, 4.69) is 9.98 Å². The Kier molecular flexibility index (Phi) is 6.26. The predicted octanol–water partition coefficient (Wildman–Crippen LogP) is 5.28. The van der Waals surface area contributed by atoms with Gasteiger partial charge in [0.05, 0.1) is 22.0 Å². The number of amidine groups is 1. The van der Waals surface area contributed by atoms with Crippen molar-refractivity contribution in [2.45, 2.75) is 24.5 Å². The monoisotopic (exact) mass is 469 g/mol. The van der Waals surface area contributed by atoms with Gasteiger partial charge in [-0.25, -0.2) is 4.99 Å². The van der Waals surface area contributed by atoms with Crippen molar-refractivity contribution in [1.29, 1.82) is 0 Å². The zero-order valence-electron chi connectivity index (χ0n) is 15.0. The quantitative estimate of drug-likeness (QED) is 0.619. The van der Waals surface area contributed by atoms with E-state index < -0.39 is 34.4 Å². The topological polar surface area (TPSA) is 48.7 Å². The summed E-state index contributed by atoms with van der Waals surface area (Å²) < 4.78 is 79.9. The van der Waals surface area contributed by atoms with Crippen molar-refractivity contribution < 1.29 is 31.4 Å². The van der Waals surface area contributed by atoms with Gasteiger partial charge in [-0.15, -0.1) is 0 Å². The van der Waals surface area contributed by atoms with E-state index in [9.17, 15) is 31.4 Å². The van der Waals surface area contributed by atoms with E-state index in [1.807, 2.05) is 0 Å². The highest BCUT2D eigenvalue weighted by Gasteiger charge is 2.62. The lowest BCUT2D eigenvalue weighted by atomic mass is 10.2. The molecule has 0 aliphatic carbocycles. The number of thioether (sulfide) groups is 1. The van der Waals surface area contributed by atoms with Gasteiger partial charge in [0.1, 0.15) is 0 Å². The Bertz CT molecular complexity index is 938. The zero-order valence-corrected chi connectivity index (χ0v) is 16.6. The molecule has 1 fully saturated rings. The van der Waals surface area contributed by atoms with Crippen LogP contribution in [0.4, 0.5) is 32.0 Å². The molecule has 1 aliphatic rings. The van der Waals surface area contributed by atoms with Gasteiger partial charge in [0.25, 0.3) is 0 Å². The van der Waals surface area contributed by atoms with E-state index in [1.165, 1.54) is 6.20 Å². The minimum absolute atomic E-state index is 0.0627. The molecule has 30 heavy (non-hydrogen) atoms. The molecule has 0 amide bonds.